The van der Waals surface area contributed by atoms with Crippen molar-refractivity contribution in [2.45, 2.75) is 0 Å². The first kappa shape index (κ1) is 31.4. The summed E-state index contributed by atoms with van der Waals surface area (Å²) in [5, 5.41) is 0. The van der Waals surface area contributed by atoms with Crippen LogP contribution in [0.5, 0.6) is 0 Å². The van der Waals surface area contributed by atoms with E-state index in [4.69, 9.17) is 0 Å². The molecule has 0 aromatic heterocycles. The topological polar surface area (TPSA) is 0 Å². The Hall–Kier alpha value is 5.48. The van der Waals surface area contributed by atoms with Crippen LogP contribution in [0.3, 0.4) is 0 Å². The molecule has 36 valence electrons. The van der Waals surface area contributed by atoms with E-state index in [1.165, 1.54) is 0 Å². The van der Waals surface area contributed by atoms with E-state index in [1.807, 2.05) is 0 Å². The second-order valence-electron chi connectivity index (χ2n) is 0. The van der Waals surface area contributed by atoms with Crippen LogP contribution >= 0.6 is 0 Å². The summed E-state index contributed by atoms with van der Waals surface area (Å²) in [6.07, 6.45) is 0. The molecule has 0 atom stereocenters. The van der Waals surface area contributed by atoms with E-state index in [1.54, 1.807) is 0 Å². The van der Waals surface area contributed by atoms with Gasteiger partial charge in [-0.3, -0.25) is 0 Å². The molecule has 0 aromatic carbocycles. The zero-order valence-electron chi connectivity index (χ0n) is 1.24. The molecule has 5 heteroatoms. The summed E-state index contributed by atoms with van der Waals surface area (Å²) in [5.74, 6) is 0. The van der Waals surface area contributed by atoms with Gasteiger partial charge in [-0.05, 0) is 0 Å². The second kappa shape index (κ2) is 22.7. The molecule has 0 N–H and O–H groups in total. The molecule has 0 heterocycles. The molecule has 0 fully saturated rings. The fourth-order valence-corrected chi connectivity index (χ4v) is 0. The normalized spacial score (nSPS) is 0. The van der Waals surface area contributed by atoms with Crippen LogP contribution in [-0.4, -0.2) is 55.3 Å². The predicted octanol–water partition coefficient (Wildman–Crippen LogP) is -2.37. The van der Waals surface area contributed by atoms with Crippen molar-refractivity contribution >= 4 is 55.3 Å². The maximum absolute atomic E-state index is 0. The second-order valence-corrected chi connectivity index (χ2v) is 0. The Morgan fingerprint density at radius 2 is 1.00 bits per heavy atom. The maximum Gasteiger partial charge on any atom is 0 e. The van der Waals surface area contributed by atoms with Crippen LogP contribution in [0.25, 0.3) is 0 Å². The number of hydrogen-bond donors (Lipinski definition) is 0. The Morgan fingerprint density at radius 3 is 1.00 bits per heavy atom. The Bertz CT molecular complexity index is 11.6. The van der Waals surface area contributed by atoms with Crippen molar-refractivity contribution in [2.75, 3.05) is 0 Å². The average Bonchev–Trinajstić information content (AvgIpc) is 0. The van der Waals surface area contributed by atoms with Crippen LogP contribution < -0.4 is 0 Å². The summed E-state index contributed by atoms with van der Waals surface area (Å²) in [5.41, 5.74) is 0. The van der Waals surface area contributed by atoms with E-state index < -0.39 is 0 Å². The third-order valence-electron chi connectivity index (χ3n) is 0. The minimum absolute atomic E-state index is 0. The van der Waals surface area contributed by atoms with Crippen molar-refractivity contribution in [2.24, 2.45) is 0 Å². The summed E-state index contributed by atoms with van der Waals surface area (Å²) >= 11 is 0. The van der Waals surface area contributed by atoms with Gasteiger partial charge in [-0.25, -0.2) is 0 Å². The smallest absolute Gasteiger partial charge is 0 e. The van der Waals surface area contributed by atoms with Crippen LogP contribution in [-0.2, 0) is 32.7 Å². The van der Waals surface area contributed by atoms with Gasteiger partial charge >= 0.3 is 55.3 Å². The molecule has 0 spiro atoms. The van der Waals surface area contributed by atoms with Gasteiger partial charge in [0.1, 0.15) is 0 Å². The van der Waals surface area contributed by atoms with Crippen molar-refractivity contribution in [3.8, 4) is 0 Å². The summed E-state index contributed by atoms with van der Waals surface area (Å²) < 4.78 is 0. The first-order valence-electron chi connectivity index (χ1n) is 0. The van der Waals surface area contributed by atoms with Gasteiger partial charge in [0.15, 0.2) is 0 Å². The third kappa shape index (κ3) is 17.7. The fraction of sp³-hybridized carbons (Fsp3) is 0. The van der Waals surface area contributed by atoms with Crippen molar-refractivity contribution in [1.82, 2.24) is 0 Å². The van der Waals surface area contributed by atoms with Crippen molar-refractivity contribution in [3.63, 3.8) is 0 Å². The van der Waals surface area contributed by atoms with E-state index in [9.17, 15) is 0 Å². The number of rotatable bonds is 0. The van der Waals surface area contributed by atoms with Gasteiger partial charge in [-0.2, -0.15) is 0 Å². The Morgan fingerprint density at radius 1 is 1.00 bits per heavy atom. The van der Waals surface area contributed by atoms with E-state index >= 15 is 0 Å². The molecule has 0 aliphatic heterocycles. The van der Waals surface area contributed by atoms with Crippen LogP contribution in [0.2, 0.25) is 0 Å². The van der Waals surface area contributed by atoms with Crippen LogP contribution in [0.1, 0.15) is 0 Å². The molecule has 0 bridgehead atoms. The first-order chi connectivity index (χ1) is 0. The summed E-state index contributed by atoms with van der Waals surface area (Å²) in [6, 6.07) is 0. The quantitative estimate of drug-likeness (QED) is 0.306. The molecule has 5 heavy (non-hydrogen) atoms. The van der Waals surface area contributed by atoms with Crippen molar-refractivity contribution in [1.29, 1.82) is 0 Å². The molecule has 0 saturated heterocycles. The minimum Gasteiger partial charge on any atom is 0 e. The zero-order chi connectivity index (χ0) is 0. The van der Waals surface area contributed by atoms with E-state index in [-0.39, 0.29) is 165 Å². The summed E-state index contributed by atoms with van der Waals surface area (Å²) in [6.45, 7) is 0. The van der Waals surface area contributed by atoms with E-state index in [0.717, 1.165) is 0 Å². The molecule has 0 rings (SSSR count). The molecule has 0 amide bonds. The van der Waals surface area contributed by atoms with Gasteiger partial charge in [0, 0.05) is 110 Å². The molecule has 0 aliphatic rings. The summed E-state index contributed by atoms with van der Waals surface area (Å²) in [4.78, 5) is 0. The van der Waals surface area contributed by atoms with Gasteiger partial charge < -0.3 is 0 Å². The minimum atomic E-state index is 0. The van der Waals surface area contributed by atoms with Crippen LogP contribution in [0.4, 0.5) is 0 Å². The predicted molar refractivity (Wildman–Crippen MR) is 19.9 cm³/mol. The zero-order valence-corrected chi connectivity index (χ0v) is 8.36. The van der Waals surface area contributed by atoms with E-state index in [2.05, 4.69) is 0 Å². The van der Waals surface area contributed by atoms with Gasteiger partial charge in [0.2, 0.25) is 0 Å². The average molecular weight is 533 g/mol. The first-order valence-corrected chi connectivity index (χ1v) is 0. The largest absolute Gasteiger partial charge is 0 e. The third-order valence-corrected chi connectivity index (χ3v) is 0. The molecule has 0 unspecified atom stereocenters. The molecule has 0 nitrogen and oxygen atoms in total. The molecule has 2 radical (unpaired) electrons. The Kier molecular flexibility index (Phi) is 142. The fourth-order valence-electron chi connectivity index (χ4n) is 0. The van der Waals surface area contributed by atoms with Crippen LogP contribution in [0, 0.1) is 77.3 Å². The monoisotopic (exact) mass is 536 g/mol. The maximum atomic E-state index is 0. The molecular weight excluding hydrogens is 527 g/mol. The van der Waals surface area contributed by atoms with Crippen LogP contribution in [0.15, 0.2) is 0 Å². The Labute approximate surface area is 160 Å². The molecule has 0 aliphatic carbocycles. The Balaban J connectivity index is 0. The standard InChI is InChI=1S/Ca.GeH4.Lu.Sm.Y.2H/h;1H4;;;;;. The molecular formula is H6CaGeLuSmY. The summed E-state index contributed by atoms with van der Waals surface area (Å²) in [7, 11) is 0. The van der Waals surface area contributed by atoms with E-state index in [0.29, 0.717) is 0 Å². The van der Waals surface area contributed by atoms with Gasteiger partial charge in [0.05, 0.1) is 0 Å². The van der Waals surface area contributed by atoms with Gasteiger partial charge in [-0.15, -0.1) is 0 Å². The van der Waals surface area contributed by atoms with Gasteiger partial charge in [-0.1, -0.05) is 0 Å². The van der Waals surface area contributed by atoms with Crippen molar-refractivity contribution in [3.05, 3.63) is 0 Å². The SMILES string of the molecule is [CaH2].[GeH4].[Lu].[Sm].[Y]. The van der Waals surface area contributed by atoms with Gasteiger partial charge in [0.25, 0.3) is 0 Å². The number of hydrogen-bond acceptors (Lipinski definition) is 0. The van der Waals surface area contributed by atoms with Crippen molar-refractivity contribution < 1.29 is 110 Å². The molecule has 0 saturated carbocycles. The molecule has 0 aromatic rings.